The van der Waals surface area contributed by atoms with Crippen molar-refractivity contribution >= 4 is 35.8 Å². The second-order valence-corrected chi connectivity index (χ2v) is 6.25. The van der Waals surface area contributed by atoms with Crippen molar-refractivity contribution in [2.24, 2.45) is 4.99 Å². The van der Waals surface area contributed by atoms with Gasteiger partial charge in [-0.15, -0.1) is 24.0 Å². The van der Waals surface area contributed by atoms with Crippen LogP contribution < -0.4 is 25.4 Å². The first-order valence-corrected chi connectivity index (χ1v) is 9.32. The first-order chi connectivity index (χ1) is 12.6. The molecule has 1 heterocycles. The molecule has 8 heteroatoms. The van der Waals surface area contributed by atoms with Gasteiger partial charge in [-0.1, -0.05) is 13.0 Å². The van der Waals surface area contributed by atoms with Gasteiger partial charge in [-0.25, -0.2) is 0 Å². The highest BCUT2D eigenvalue weighted by molar-refractivity contribution is 14.0. The van der Waals surface area contributed by atoms with Crippen LogP contribution in [-0.2, 0) is 11.2 Å². The Kier molecular flexibility index (Phi) is 10.9. The van der Waals surface area contributed by atoms with Crippen LogP contribution in [0.5, 0.6) is 11.5 Å². The molecule has 0 aromatic heterocycles. The van der Waals surface area contributed by atoms with Crippen LogP contribution in [0, 0.1) is 0 Å². The SMILES string of the molecule is CCNC(=NCCC(=O)NC(C)CC)NCCc1ccc2c(c1)OCO2.I. The molecule has 0 spiro atoms. The van der Waals surface area contributed by atoms with Crippen LogP contribution in [0.25, 0.3) is 0 Å². The third kappa shape index (κ3) is 8.23. The van der Waals surface area contributed by atoms with Gasteiger partial charge in [0.2, 0.25) is 12.7 Å². The lowest BCUT2D eigenvalue weighted by Crippen LogP contribution is -2.38. The van der Waals surface area contributed by atoms with Crippen molar-refractivity contribution < 1.29 is 14.3 Å². The number of halogens is 1. The number of guanidine groups is 1. The first kappa shape index (κ1) is 23.3. The summed E-state index contributed by atoms with van der Waals surface area (Å²) in [5.74, 6) is 2.37. The zero-order chi connectivity index (χ0) is 18.8. The summed E-state index contributed by atoms with van der Waals surface area (Å²) in [6.07, 6.45) is 2.16. The minimum atomic E-state index is 0. The van der Waals surface area contributed by atoms with Crippen molar-refractivity contribution in [2.45, 2.75) is 46.1 Å². The van der Waals surface area contributed by atoms with Gasteiger partial charge >= 0.3 is 0 Å². The van der Waals surface area contributed by atoms with Crippen LogP contribution in [0.2, 0.25) is 0 Å². The number of nitrogens with one attached hydrogen (secondary N) is 3. The fourth-order valence-corrected chi connectivity index (χ4v) is 2.48. The van der Waals surface area contributed by atoms with E-state index in [2.05, 4.69) is 27.9 Å². The molecule has 0 aliphatic carbocycles. The summed E-state index contributed by atoms with van der Waals surface area (Å²) in [5.41, 5.74) is 1.17. The molecule has 7 nitrogen and oxygen atoms in total. The number of benzene rings is 1. The van der Waals surface area contributed by atoms with E-state index in [1.54, 1.807) is 0 Å². The van der Waals surface area contributed by atoms with Gasteiger partial charge in [-0.05, 0) is 44.4 Å². The van der Waals surface area contributed by atoms with Gasteiger partial charge in [-0.3, -0.25) is 9.79 Å². The van der Waals surface area contributed by atoms with E-state index in [1.807, 2.05) is 32.0 Å². The predicted molar refractivity (Wildman–Crippen MR) is 118 cm³/mol. The fraction of sp³-hybridized carbons (Fsp3) is 0.579. The molecule has 2 rings (SSSR count). The second-order valence-electron chi connectivity index (χ2n) is 6.25. The molecule has 0 saturated carbocycles. The number of amides is 1. The van der Waals surface area contributed by atoms with Gasteiger partial charge in [0, 0.05) is 25.6 Å². The highest BCUT2D eigenvalue weighted by atomic mass is 127. The number of nitrogens with zero attached hydrogens (tertiary/aromatic N) is 1. The smallest absolute Gasteiger partial charge is 0.231 e. The number of fused-ring (bicyclic) bond motifs is 1. The van der Waals surface area contributed by atoms with E-state index < -0.39 is 0 Å². The number of hydrogen-bond donors (Lipinski definition) is 3. The van der Waals surface area contributed by atoms with E-state index in [0.29, 0.717) is 19.8 Å². The summed E-state index contributed by atoms with van der Waals surface area (Å²) in [6.45, 7) is 8.34. The molecule has 1 amide bonds. The van der Waals surface area contributed by atoms with Crippen molar-refractivity contribution in [2.75, 3.05) is 26.4 Å². The maximum Gasteiger partial charge on any atom is 0.231 e. The number of hydrogen-bond acceptors (Lipinski definition) is 4. The molecule has 0 fully saturated rings. The lowest BCUT2D eigenvalue weighted by molar-refractivity contribution is -0.121. The number of ether oxygens (including phenoxy) is 2. The molecule has 1 unspecified atom stereocenters. The Morgan fingerprint density at radius 3 is 2.74 bits per heavy atom. The molecule has 27 heavy (non-hydrogen) atoms. The van der Waals surface area contributed by atoms with Crippen molar-refractivity contribution in [3.63, 3.8) is 0 Å². The number of aliphatic imine (C=N–C) groups is 1. The highest BCUT2D eigenvalue weighted by Crippen LogP contribution is 2.32. The molecule has 152 valence electrons. The van der Waals surface area contributed by atoms with Crippen LogP contribution in [-0.4, -0.2) is 44.3 Å². The van der Waals surface area contributed by atoms with Crippen LogP contribution in [0.3, 0.4) is 0 Å². The Bertz CT molecular complexity index is 625. The van der Waals surface area contributed by atoms with E-state index in [-0.39, 0.29) is 35.9 Å². The molecule has 1 aromatic carbocycles. The molecule has 3 N–H and O–H groups in total. The summed E-state index contributed by atoms with van der Waals surface area (Å²) in [7, 11) is 0. The lowest BCUT2D eigenvalue weighted by Gasteiger charge is -2.12. The summed E-state index contributed by atoms with van der Waals surface area (Å²) < 4.78 is 10.7. The average molecular weight is 490 g/mol. The molecule has 1 aromatic rings. The zero-order valence-electron chi connectivity index (χ0n) is 16.3. The summed E-state index contributed by atoms with van der Waals surface area (Å²) in [5, 5.41) is 9.45. The van der Waals surface area contributed by atoms with Crippen molar-refractivity contribution in [1.82, 2.24) is 16.0 Å². The third-order valence-electron chi connectivity index (χ3n) is 4.12. The van der Waals surface area contributed by atoms with E-state index >= 15 is 0 Å². The Morgan fingerprint density at radius 1 is 1.22 bits per heavy atom. The number of carbonyl (C=O) groups excluding carboxylic acids is 1. The monoisotopic (exact) mass is 490 g/mol. The van der Waals surface area contributed by atoms with Crippen LogP contribution in [0.15, 0.2) is 23.2 Å². The van der Waals surface area contributed by atoms with Crippen LogP contribution in [0.4, 0.5) is 0 Å². The summed E-state index contributed by atoms with van der Waals surface area (Å²) in [4.78, 5) is 16.3. The van der Waals surface area contributed by atoms with Gasteiger partial charge in [0.25, 0.3) is 0 Å². The molecule has 0 radical (unpaired) electrons. The van der Waals surface area contributed by atoms with Crippen molar-refractivity contribution in [3.8, 4) is 11.5 Å². The van der Waals surface area contributed by atoms with Gasteiger partial charge in [-0.2, -0.15) is 0 Å². The molecular formula is C19H31IN4O3. The maximum absolute atomic E-state index is 11.8. The number of carbonyl (C=O) groups is 1. The van der Waals surface area contributed by atoms with Gasteiger partial charge < -0.3 is 25.4 Å². The minimum absolute atomic E-state index is 0. The standard InChI is InChI=1S/C19H30N4O3.HI/c1-4-14(3)23-18(24)9-11-22-19(20-5-2)21-10-8-15-6-7-16-17(12-15)26-13-25-16;/h6-7,12,14H,4-5,8-11,13H2,1-3H3,(H,23,24)(H2,20,21,22);1H. The Hall–Kier alpha value is -1.71. The number of rotatable bonds is 9. The van der Waals surface area contributed by atoms with Gasteiger partial charge in [0.1, 0.15) is 0 Å². The highest BCUT2D eigenvalue weighted by Gasteiger charge is 2.13. The molecule has 1 aliphatic heterocycles. The third-order valence-corrected chi connectivity index (χ3v) is 4.12. The second kappa shape index (κ2) is 12.6. The van der Waals surface area contributed by atoms with Gasteiger partial charge in [0.05, 0.1) is 6.54 Å². The van der Waals surface area contributed by atoms with Crippen molar-refractivity contribution in [3.05, 3.63) is 23.8 Å². The average Bonchev–Trinajstić information content (AvgIpc) is 3.09. The molecule has 1 aliphatic rings. The Balaban J connectivity index is 0.00000364. The normalized spacial score (nSPS) is 13.5. The van der Waals surface area contributed by atoms with E-state index in [4.69, 9.17) is 9.47 Å². The molecular weight excluding hydrogens is 459 g/mol. The Morgan fingerprint density at radius 2 is 2.00 bits per heavy atom. The minimum Gasteiger partial charge on any atom is -0.454 e. The van der Waals surface area contributed by atoms with Crippen LogP contribution >= 0.6 is 24.0 Å². The Labute approximate surface area is 178 Å². The van der Waals surface area contributed by atoms with Crippen molar-refractivity contribution in [1.29, 1.82) is 0 Å². The quantitative estimate of drug-likeness (QED) is 0.282. The summed E-state index contributed by atoms with van der Waals surface area (Å²) in [6, 6.07) is 6.19. The first-order valence-electron chi connectivity index (χ1n) is 9.32. The van der Waals surface area contributed by atoms with E-state index in [9.17, 15) is 4.79 Å². The summed E-state index contributed by atoms with van der Waals surface area (Å²) >= 11 is 0. The lowest BCUT2D eigenvalue weighted by atomic mass is 10.1. The molecule has 0 bridgehead atoms. The maximum atomic E-state index is 11.8. The van der Waals surface area contributed by atoms with Crippen LogP contribution in [0.1, 0.15) is 39.2 Å². The van der Waals surface area contributed by atoms with Gasteiger partial charge in [0.15, 0.2) is 17.5 Å². The molecule has 0 saturated heterocycles. The zero-order valence-corrected chi connectivity index (χ0v) is 18.7. The van der Waals surface area contributed by atoms with E-state index in [1.165, 1.54) is 5.56 Å². The predicted octanol–water partition coefficient (Wildman–Crippen LogP) is 2.44. The topological polar surface area (TPSA) is 84.0 Å². The molecule has 1 atom stereocenters. The van der Waals surface area contributed by atoms with E-state index in [0.717, 1.165) is 43.4 Å². The largest absolute Gasteiger partial charge is 0.454 e. The fourth-order valence-electron chi connectivity index (χ4n) is 2.48.